The SMILES string of the molecule is Nc1c(Cl)ccc(S(=O)(=O)NCCc2ccc(Br)s2)c1Cl. The second kappa shape index (κ2) is 6.85. The lowest BCUT2D eigenvalue weighted by Crippen LogP contribution is -2.26. The summed E-state index contributed by atoms with van der Waals surface area (Å²) in [4.78, 5) is 1.00. The Morgan fingerprint density at radius 2 is 1.95 bits per heavy atom. The van der Waals surface area contributed by atoms with E-state index in [1.54, 1.807) is 11.3 Å². The van der Waals surface area contributed by atoms with Crippen molar-refractivity contribution in [2.24, 2.45) is 0 Å². The molecule has 1 aromatic carbocycles. The number of nitrogens with two attached hydrogens (primary N) is 1. The van der Waals surface area contributed by atoms with Crippen LogP contribution >= 0.6 is 50.5 Å². The van der Waals surface area contributed by atoms with Crippen molar-refractivity contribution < 1.29 is 8.42 Å². The summed E-state index contributed by atoms with van der Waals surface area (Å²) in [5, 5.41) is 0.163. The van der Waals surface area contributed by atoms with Crippen molar-refractivity contribution in [2.75, 3.05) is 12.3 Å². The highest BCUT2D eigenvalue weighted by Gasteiger charge is 2.20. The maximum Gasteiger partial charge on any atom is 0.242 e. The fraction of sp³-hybridized carbons (Fsp3) is 0.167. The second-order valence-electron chi connectivity index (χ2n) is 4.13. The highest BCUT2D eigenvalue weighted by Crippen LogP contribution is 2.33. The van der Waals surface area contributed by atoms with Crippen LogP contribution in [-0.2, 0) is 16.4 Å². The van der Waals surface area contributed by atoms with Crippen LogP contribution in [0.2, 0.25) is 10.0 Å². The average Bonchev–Trinajstić information content (AvgIpc) is 2.81. The van der Waals surface area contributed by atoms with Crippen LogP contribution in [0.3, 0.4) is 0 Å². The number of rotatable bonds is 5. The molecular weight excluding hydrogens is 419 g/mol. The van der Waals surface area contributed by atoms with E-state index in [0.29, 0.717) is 6.42 Å². The summed E-state index contributed by atoms with van der Waals surface area (Å²) >= 11 is 16.7. The molecule has 1 aromatic heterocycles. The molecule has 0 amide bonds. The van der Waals surface area contributed by atoms with E-state index >= 15 is 0 Å². The van der Waals surface area contributed by atoms with E-state index in [9.17, 15) is 8.42 Å². The summed E-state index contributed by atoms with van der Waals surface area (Å²) < 4.78 is 27.9. The van der Waals surface area contributed by atoms with Crippen LogP contribution < -0.4 is 10.5 Å². The molecule has 0 saturated carbocycles. The quantitative estimate of drug-likeness (QED) is 0.707. The molecule has 9 heteroatoms. The smallest absolute Gasteiger partial charge is 0.242 e. The third kappa shape index (κ3) is 4.12. The Bertz CT molecular complexity index is 763. The number of anilines is 1. The largest absolute Gasteiger partial charge is 0.396 e. The maximum absolute atomic E-state index is 12.2. The summed E-state index contributed by atoms with van der Waals surface area (Å²) in [5.41, 5.74) is 5.70. The molecule has 0 atom stereocenters. The number of hydrogen-bond donors (Lipinski definition) is 2. The molecule has 2 aromatic rings. The van der Waals surface area contributed by atoms with E-state index < -0.39 is 10.0 Å². The number of sulfonamides is 1. The number of nitrogen functional groups attached to an aromatic ring is 1. The zero-order valence-electron chi connectivity index (χ0n) is 10.6. The zero-order chi connectivity index (χ0) is 15.6. The topological polar surface area (TPSA) is 72.2 Å². The van der Waals surface area contributed by atoms with E-state index in [1.165, 1.54) is 12.1 Å². The number of halogens is 3. The predicted molar refractivity (Wildman–Crippen MR) is 91.8 cm³/mol. The molecule has 0 aliphatic heterocycles. The van der Waals surface area contributed by atoms with Crippen molar-refractivity contribution in [2.45, 2.75) is 11.3 Å². The van der Waals surface area contributed by atoms with E-state index in [2.05, 4.69) is 20.7 Å². The zero-order valence-corrected chi connectivity index (χ0v) is 15.3. The van der Waals surface area contributed by atoms with Crippen LogP contribution in [0.15, 0.2) is 32.9 Å². The molecule has 0 fully saturated rings. The fourth-order valence-corrected chi connectivity index (χ4v) is 4.91. The summed E-state index contributed by atoms with van der Waals surface area (Å²) in [6, 6.07) is 6.61. The van der Waals surface area contributed by atoms with Gasteiger partial charge in [-0.3, -0.25) is 0 Å². The minimum Gasteiger partial charge on any atom is -0.396 e. The highest BCUT2D eigenvalue weighted by molar-refractivity contribution is 9.11. The third-order valence-corrected chi connectivity index (χ3v) is 6.71. The highest BCUT2D eigenvalue weighted by atomic mass is 79.9. The summed E-state index contributed by atoms with van der Waals surface area (Å²) in [6.45, 7) is 0.272. The monoisotopic (exact) mass is 428 g/mol. The van der Waals surface area contributed by atoms with Crippen molar-refractivity contribution >= 4 is 66.2 Å². The van der Waals surface area contributed by atoms with Crippen molar-refractivity contribution in [1.29, 1.82) is 0 Å². The molecular formula is C12H11BrCl2N2O2S2. The molecule has 0 aliphatic rings. The normalized spacial score (nSPS) is 11.8. The molecule has 0 saturated heterocycles. The standard InChI is InChI=1S/C12H11BrCl2N2O2S2/c13-10-4-1-7(20-10)5-6-17-21(18,19)9-3-2-8(14)12(16)11(9)15/h1-4,17H,5-6,16H2. The van der Waals surface area contributed by atoms with E-state index in [0.717, 1.165) is 8.66 Å². The van der Waals surface area contributed by atoms with Gasteiger partial charge >= 0.3 is 0 Å². The molecule has 0 aliphatic carbocycles. The van der Waals surface area contributed by atoms with Crippen molar-refractivity contribution in [1.82, 2.24) is 4.72 Å². The van der Waals surface area contributed by atoms with Crippen LogP contribution in [0.4, 0.5) is 5.69 Å². The average molecular weight is 430 g/mol. The van der Waals surface area contributed by atoms with Crippen molar-refractivity contribution in [3.8, 4) is 0 Å². The molecule has 4 nitrogen and oxygen atoms in total. The molecule has 21 heavy (non-hydrogen) atoms. The van der Waals surface area contributed by atoms with Crippen molar-refractivity contribution in [3.63, 3.8) is 0 Å². The molecule has 0 radical (unpaired) electrons. The van der Waals surface area contributed by atoms with E-state index in [4.69, 9.17) is 28.9 Å². The van der Waals surface area contributed by atoms with Crippen LogP contribution in [0, 0.1) is 0 Å². The lowest BCUT2D eigenvalue weighted by atomic mass is 10.3. The first-order valence-electron chi connectivity index (χ1n) is 5.78. The Kier molecular flexibility index (Phi) is 5.56. The molecule has 1 heterocycles. The van der Waals surface area contributed by atoms with Gasteiger partial charge in [-0.15, -0.1) is 11.3 Å². The van der Waals surface area contributed by atoms with Gasteiger partial charge in [0.05, 0.1) is 19.5 Å². The summed E-state index contributed by atoms with van der Waals surface area (Å²) in [6.07, 6.45) is 0.593. The maximum atomic E-state index is 12.2. The molecule has 0 unspecified atom stereocenters. The molecule has 3 N–H and O–H groups in total. The predicted octanol–water partition coefficient (Wildman–Crippen LogP) is 3.92. The van der Waals surface area contributed by atoms with Gasteiger partial charge in [0.1, 0.15) is 4.90 Å². The van der Waals surface area contributed by atoms with Gasteiger partial charge in [-0.1, -0.05) is 23.2 Å². The minimum atomic E-state index is -3.72. The first kappa shape index (κ1) is 17.1. The van der Waals surface area contributed by atoms with Gasteiger partial charge in [-0.05, 0) is 46.6 Å². The Morgan fingerprint density at radius 3 is 2.57 bits per heavy atom. The Hall–Kier alpha value is -0.310. The van der Waals surface area contributed by atoms with Gasteiger partial charge in [0, 0.05) is 11.4 Å². The molecule has 0 bridgehead atoms. The van der Waals surface area contributed by atoms with Gasteiger partial charge in [0.15, 0.2) is 0 Å². The first-order valence-corrected chi connectivity index (χ1v) is 9.63. The second-order valence-corrected chi connectivity index (χ2v) is 9.19. The van der Waals surface area contributed by atoms with Gasteiger partial charge in [0.25, 0.3) is 0 Å². The molecule has 0 spiro atoms. The van der Waals surface area contributed by atoms with Crippen molar-refractivity contribution in [3.05, 3.63) is 43.0 Å². The number of hydrogen-bond acceptors (Lipinski definition) is 4. The van der Waals surface area contributed by atoms with E-state index in [-0.39, 0.29) is 27.2 Å². The third-order valence-electron chi connectivity index (χ3n) is 2.67. The van der Waals surface area contributed by atoms with Crippen LogP contribution in [0.25, 0.3) is 0 Å². The lowest BCUT2D eigenvalue weighted by molar-refractivity contribution is 0.582. The Balaban J connectivity index is 2.10. The summed E-state index contributed by atoms with van der Waals surface area (Å²) in [5.74, 6) is 0. The molecule has 114 valence electrons. The van der Waals surface area contributed by atoms with Crippen LogP contribution in [-0.4, -0.2) is 15.0 Å². The number of benzene rings is 1. The van der Waals surface area contributed by atoms with Crippen LogP contribution in [0.5, 0.6) is 0 Å². The first-order chi connectivity index (χ1) is 9.81. The Morgan fingerprint density at radius 1 is 1.24 bits per heavy atom. The Labute approximate surface area is 145 Å². The van der Waals surface area contributed by atoms with Gasteiger partial charge in [0.2, 0.25) is 10.0 Å². The van der Waals surface area contributed by atoms with Gasteiger partial charge in [-0.2, -0.15) is 0 Å². The molecule has 2 rings (SSSR count). The van der Waals surface area contributed by atoms with E-state index in [1.807, 2.05) is 12.1 Å². The summed E-state index contributed by atoms with van der Waals surface area (Å²) in [7, 11) is -3.72. The van der Waals surface area contributed by atoms with Gasteiger partial charge < -0.3 is 5.73 Å². The fourth-order valence-electron chi connectivity index (χ4n) is 1.63. The van der Waals surface area contributed by atoms with Gasteiger partial charge in [-0.25, -0.2) is 13.1 Å². The minimum absolute atomic E-state index is 0.0587. The number of nitrogens with one attached hydrogen (secondary N) is 1. The van der Waals surface area contributed by atoms with Crippen LogP contribution in [0.1, 0.15) is 4.88 Å². The lowest BCUT2D eigenvalue weighted by Gasteiger charge is -2.10. The number of thiophene rings is 1.